The van der Waals surface area contributed by atoms with Gasteiger partial charge in [-0.2, -0.15) is 5.26 Å². The van der Waals surface area contributed by atoms with Crippen molar-refractivity contribution in [2.24, 2.45) is 0 Å². The largest absolute Gasteiger partial charge is 0.365 e. The zero-order valence-electron chi connectivity index (χ0n) is 11.8. The molecule has 21 heavy (non-hydrogen) atoms. The van der Waals surface area contributed by atoms with E-state index in [1.54, 1.807) is 25.1 Å². The van der Waals surface area contributed by atoms with Gasteiger partial charge in [0.25, 0.3) is 0 Å². The van der Waals surface area contributed by atoms with Crippen molar-refractivity contribution in [3.05, 3.63) is 57.7 Å². The van der Waals surface area contributed by atoms with Crippen molar-refractivity contribution in [2.75, 3.05) is 5.32 Å². The van der Waals surface area contributed by atoms with Crippen LogP contribution in [0.2, 0.25) is 5.02 Å². The van der Waals surface area contributed by atoms with E-state index in [1.807, 2.05) is 12.1 Å². The number of hydrogen-bond donors (Lipinski definition) is 1. The Labute approximate surface area is 128 Å². The van der Waals surface area contributed by atoms with Crippen molar-refractivity contribution in [2.45, 2.75) is 20.4 Å². The predicted octanol–water partition coefficient (Wildman–Crippen LogP) is 3.73. The number of hydrogen-bond acceptors (Lipinski definition) is 4. The number of anilines is 1. The number of aryl methyl sites for hydroxylation is 1. The van der Waals surface area contributed by atoms with Gasteiger partial charge < -0.3 is 5.32 Å². The van der Waals surface area contributed by atoms with Crippen molar-refractivity contribution in [1.82, 2.24) is 4.98 Å². The maximum Gasteiger partial charge on any atom is 0.161 e. The van der Waals surface area contributed by atoms with Gasteiger partial charge in [-0.15, -0.1) is 0 Å². The molecule has 0 saturated heterocycles. The third-order valence-corrected chi connectivity index (χ3v) is 3.34. The molecule has 0 aliphatic rings. The molecule has 1 heterocycles. The smallest absolute Gasteiger partial charge is 0.161 e. The van der Waals surface area contributed by atoms with Crippen molar-refractivity contribution in [3.63, 3.8) is 0 Å². The zero-order valence-corrected chi connectivity index (χ0v) is 12.5. The molecule has 1 aromatic carbocycles. The SMILES string of the molecule is CC(=O)c1cc(C#N)c(NCc2ccc(Cl)cc2)nc1C. The molecule has 1 N–H and O–H groups in total. The summed E-state index contributed by atoms with van der Waals surface area (Å²) in [7, 11) is 0. The fourth-order valence-corrected chi connectivity index (χ4v) is 2.10. The van der Waals surface area contributed by atoms with E-state index in [0.29, 0.717) is 34.2 Å². The Morgan fingerprint density at radius 1 is 1.38 bits per heavy atom. The Morgan fingerprint density at radius 3 is 2.62 bits per heavy atom. The molecule has 2 aromatic rings. The van der Waals surface area contributed by atoms with Crippen LogP contribution in [0.15, 0.2) is 30.3 Å². The number of halogens is 1. The van der Waals surface area contributed by atoms with Gasteiger partial charge in [0.15, 0.2) is 5.78 Å². The van der Waals surface area contributed by atoms with Crippen LogP contribution in [0, 0.1) is 18.3 Å². The standard InChI is InChI=1S/C16H14ClN3O/c1-10-15(11(2)21)7-13(8-18)16(20-10)19-9-12-3-5-14(17)6-4-12/h3-7H,9H2,1-2H3,(H,19,20). The highest BCUT2D eigenvalue weighted by Gasteiger charge is 2.11. The van der Waals surface area contributed by atoms with Crippen LogP contribution in [-0.2, 0) is 6.54 Å². The van der Waals surface area contributed by atoms with E-state index in [1.165, 1.54) is 6.92 Å². The summed E-state index contributed by atoms with van der Waals surface area (Å²) in [4.78, 5) is 15.8. The van der Waals surface area contributed by atoms with Gasteiger partial charge in [-0.25, -0.2) is 4.98 Å². The Hall–Kier alpha value is -2.38. The number of ketones is 1. The van der Waals surface area contributed by atoms with Crippen molar-refractivity contribution < 1.29 is 4.79 Å². The molecule has 106 valence electrons. The molecule has 1 aromatic heterocycles. The summed E-state index contributed by atoms with van der Waals surface area (Å²) in [6, 6.07) is 11.1. The van der Waals surface area contributed by atoms with Crippen LogP contribution in [0.3, 0.4) is 0 Å². The number of nitrogens with one attached hydrogen (secondary N) is 1. The highest BCUT2D eigenvalue weighted by atomic mass is 35.5. The minimum Gasteiger partial charge on any atom is -0.365 e. The summed E-state index contributed by atoms with van der Waals surface area (Å²) in [6.45, 7) is 3.75. The topological polar surface area (TPSA) is 65.8 Å². The van der Waals surface area contributed by atoms with E-state index in [0.717, 1.165) is 5.56 Å². The van der Waals surface area contributed by atoms with Crippen molar-refractivity contribution in [1.29, 1.82) is 5.26 Å². The Kier molecular flexibility index (Phi) is 4.56. The van der Waals surface area contributed by atoms with Gasteiger partial charge in [0.05, 0.1) is 11.3 Å². The second-order valence-corrected chi connectivity index (χ2v) is 5.10. The minimum absolute atomic E-state index is 0.0965. The summed E-state index contributed by atoms with van der Waals surface area (Å²) < 4.78 is 0. The number of benzene rings is 1. The van der Waals surface area contributed by atoms with Gasteiger partial charge in [0.1, 0.15) is 11.9 Å². The lowest BCUT2D eigenvalue weighted by molar-refractivity contribution is 0.101. The second-order valence-electron chi connectivity index (χ2n) is 4.67. The second kappa shape index (κ2) is 6.38. The van der Waals surface area contributed by atoms with Crippen LogP contribution in [0.1, 0.15) is 34.1 Å². The normalized spacial score (nSPS) is 10.0. The fourth-order valence-electron chi connectivity index (χ4n) is 1.97. The molecule has 2 rings (SSSR count). The average molecular weight is 300 g/mol. The van der Waals surface area contributed by atoms with Gasteiger partial charge in [0.2, 0.25) is 0 Å². The minimum atomic E-state index is -0.0965. The fraction of sp³-hybridized carbons (Fsp3) is 0.188. The molecule has 0 atom stereocenters. The predicted molar refractivity (Wildman–Crippen MR) is 82.5 cm³/mol. The summed E-state index contributed by atoms with van der Waals surface area (Å²) >= 11 is 5.84. The lowest BCUT2D eigenvalue weighted by atomic mass is 10.1. The lowest BCUT2D eigenvalue weighted by Crippen LogP contribution is -2.07. The first-order valence-electron chi connectivity index (χ1n) is 6.42. The molecule has 0 radical (unpaired) electrons. The molecule has 0 amide bonds. The summed E-state index contributed by atoms with van der Waals surface area (Å²) in [5.41, 5.74) is 2.47. The van der Waals surface area contributed by atoms with E-state index in [2.05, 4.69) is 16.4 Å². The molecular weight excluding hydrogens is 286 g/mol. The number of pyridine rings is 1. The Bertz CT molecular complexity index is 718. The molecule has 0 bridgehead atoms. The van der Waals surface area contributed by atoms with Crippen LogP contribution >= 0.6 is 11.6 Å². The van der Waals surface area contributed by atoms with Crippen molar-refractivity contribution in [3.8, 4) is 6.07 Å². The number of carbonyl (C=O) groups excluding carboxylic acids is 1. The lowest BCUT2D eigenvalue weighted by Gasteiger charge is -2.10. The molecular formula is C16H14ClN3O. The summed E-state index contributed by atoms with van der Waals surface area (Å²) in [6.07, 6.45) is 0. The van der Waals surface area contributed by atoms with Crippen LogP contribution in [0.5, 0.6) is 0 Å². The van der Waals surface area contributed by atoms with Crippen LogP contribution in [0.25, 0.3) is 0 Å². The first-order valence-corrected chi connectivity index (χ1v) is 6.80. The molecule has 0 saturated carbocycles. The first kappa shape index (κ1) is 15.0. The average Bonchev–Trinajstić information content (AvgIpc) is 2.46. The third kappa shape index (κ3) is 3.59. The van der Waals surface area contributed by atoms with Crippen molar-refractivity contribution >= 4 is 23.2 Å². The molecule has 5 heteroatoms. The quantitative estimate of drug-likeness (QED) is 0.874. The molecule has 0 fully saturated rings. The third-order valence-electron chi connectivity index (χ3n) is 3.09. The maximum absolute atomic E-state index is 11.5. The summed E-state index contributed by atoms with van der Waals surface area (Å²) in [5, 5.41) is 13.0. The molecule has 4 nitrogen and oxygen atoms in total. The van der Waals surface area contributed by atoms with E-state index in [9.17, 15) is 10.1 Å². The van der Waals surface area contributed by atoms with Gasteiger partial charge in [-0.3, -0.25) is 4.79 Å². The van der Waals surface area contributed by atoms with E-state index in [4.69, 9.17) is 11.6 Å². The number of aromatic nitrogens is 1. The highest BCUT2D eigenvalue weighted by Crippen LogP contribution is 2.18. The Balaban J connectivity index is 2.24. The highest BCUT2D eigenvalue weighted by molar-refractivity contribution is 6.30. The summed E-state index contributed by atoms with van der Waals surface area (Å²) in [5.74, 6) is 0.385. The van der Waals surface area contributed by atoms with E-state index in [-0.39, 0.29) is 5.78 Å². The number of Topliss-reactive ketones (excluding diaryl/α,β-unsaturated/α-hetero) is 1. The molecule has 0 unspecified atom stereocenters. The number of carbonyl (C=O) groups is 1. The molecule has 0 aliphatic heterocycles. The molecule has 0 aliphatic carbocycles. The molecule has 0 spiro atoms. The van der Waals surface area contributed by atoms with Gasteiger partial charge in [0, 0.05) is 17.1 Å². The zero-order chi connectivity index (χ0) is 15.4. The van der Waals surface area contributed by atoms with E-state index < -0.39 is 0 Å². The van der Waals surface area contributed by atoms with Crippen LogP contribution in [-0.4, -0.2) is 10.8 Å². The first-order chi connectivity index (χ1) is 10.0. The monoisotopic (exact) mass is 299 g/mol. The Morgan fingerprint density at radius 2 is 2.05 bits per heavy atom. The van der Waals surface area contributed by atoms with Crippen LogP contribution in [0.4, 0.5) is 5.82 Å². The number of rotatable bonds is 4. The van der Waals surface area contributed by atoms with Gasteiger partial charge in [-0.1, -0.05) is 23.7 Å². The van der Waals surface area contributed by atoms with Gasteiger partial charge >= 0.3 is 0 Å². The maximum atomic E-state index is 11.5. The number of nitrogens with zero attached hydrogens (tertiary/aromatic N) is 2. The van der Waals surface area contributed by atoms with E-state index >= 15 is 0 Å². The van der Waals surface area contributed by atoms with Crippen LogP contribution < -0.4 is 5.32 Å². The van der Waals surface area contributed by atoms with Gasteiger partial charge in [-0.05, 0) is 37.6 Å². The number of nitriles is 1.